The molecule has 0 bridgehead atoms. The highest BCUT2D eigenvalue weighted by atomic mass is 16.7. The molecular weight excluding hydrogens is 294 g/mol. The molecule has 2 aromatic carbocycles. The number of rotatable bonds is 5. The molecule has 0 fully saturated rings. The number of methoxy groups -OCH3 is 1. The molecule has 1 aliphatic rings. The number of fused-ring (bicyclic) bond motifs is 1. The number of carbonyl (C=O) groups excluding carboxylic acids is 1. The first-order valence-electron chi connectivity index (χ1n) is 7.42. The van der Waals surface area contributed by atoms with Crippen LogP contribution in [0.4, 0.5) is 0 Å². The number of benzene rings is 2. The molecule has 1 heterocycles. The van der Waals surface area contributed by atoms with Crippen LogP contribution < -0.4 is 14.2 Å². The van der Waals surface area contributed by atoms with Crippen LogP contribution in [0, 0.1) is 0 Å². The first kappa shape index (κ1) is 15.2. The van der Waals surface area contributed by atoms with Crippen molar-refractivity contribution >= 4 is 5.91 Å². The molecule has 0 radical (unpaired) electrons. The second kappa shape index (κ2) is 6.60. The Morgan fingerprint density at radius 3 is 2.78 bits per heavy atom. The van der Waals surface area contributed by atoms with Gasteiger partial charge in [-0.2, -0.15) is 0 Å². The van der Waals surface area contributed by atoms with Crippen LogP contribution in [0.25, 0.3) is 0 Å². The Bertz CT molecular complexity index is 714. The predicted octanol–water partition coefficient (Wildman–Crippen LogP) is 2.63. The Kier molecular flexibility index (Phi) is 4.37. The summed E-state index contributed by atoms with van der Waals surface area (Å²) in [5, 5.41) is 0. The van der Waals surface area contributed by atoms with E-state index in [4.69, 9.17) is 14.2 Å². The van der Waals surface area contributed by atoms with E-state index < -0.39 is 0 Å². The molecule has 0 unspecified atom stereocenters. The Morgan fingerprint density at radius 1 is 1.17 bits per heavy atom. The largest absolute Gasteiger partial charge is 0.496 e. The van der Waals surface area contributed by atoms with Gasteiger partial charge in [0.25, 0.3) is 0 Å². The smallest absolute Gasteiger partial charge is 0.231 e. The van der Waals surface area contributed by atoms with Gasteiger partial charge >= 0.3 is 0 Å². The normalized spacial score (nSPS) is 12.1. The van der Waals surface area contributed by atoms with E-state index in [1.165, 1.54) is 0 Å². The molecule has 1 aliphatic heterocycles. The van der Waals surface area contributed by atoms with Crippen LogP contribution in [0.1, 0.15) is 11.1 Å². The summed E-state index contributed by atoms with van der Waals surface area (Å²) < 4.78 is 16.0. The lowest BCUT2D eigenvalue weighted by Crippen LogP contribution is -2.27. The monoisotopic (exact) mass is 313 g/mol. The summed E-state index contributed by atoms with van der Waals surface area (Å²) in [6.07, 6.45) is 0.311. The van der Waals surface area contributed by atoms with Gasteiger partial charge in [-0.1, -0.05) is 24.3 Å². The summed E-state index contributed by atoms with van der Waals surface area (Å²) in [5.41, 5.74) is 1.89. The van der Waals surface area contributed by atoms with Crippen LogP contribution in [0.2, 0.25) is 0 Å². The van der Waals surface area contributed by atoms with Crippen molar-refractivity contribution in [3.8, 4) is 17.2 Å². The van der Waals surface area contributed by atoms with Crippen LogP contribution in [-0.2, 0) is 17.8 Å². The van der Waals surface area contributed by atoms with Crippen LogP contribution in [-0.4, -0.2) is 31.8 Å². The van der Waals surface area contributed by atoms with Gasteiger partial charge in [0.05, 0.1) is 13.5 Å². The number of carbonyl (C=O) groups is 1. The average molecular weight is 313 g/mol. The van der Waals surface area contributed by atoms with Crippen molar-refractivity contribution < 1.29 is 19.0 Å². The van der Waals surface area contributed by atoms with Gasteiger partial charge in [-0.25, -0.2) is 0 Å². The predicted molar refractivity (Wildman–Crippen MR) is 85.7 cm³/mol. The maximum atomic E-state index is 12.4. The molecule has 0 spiro atoms. The maximum Gasteiger partial charge on any atom is 0.231 e. The summed E-state index contributed by atoms with van der Waals surface area (Å²) in [4.78, 5) is 14.1. The van der Waals surface area contributed by atoms with E-state index in [-0.39, 0.29) is 12.7 Å². The van der Waals surface area contributed by atoms with E-state index in [2.05, 4.69) is 0 Å². The third kappa shape index (κ3) is 3.39. The highest BCUT2D eigenvalue weighted by Gasteiger charge is 2.16. The van der Waals surface area contributed by atoms with E-state index in [1.807, 2.05) is 42.5 Å². The Labute approximate surface area is 135 Å². The maximum absolute atomic E-state index is 12.4. The van der Waals surface area contributed by atoms with Gasteiger partial charge in [-0.15, -0.1) is 0 Å². The summed E-state index contributed by atoms with van der Waals surface area (Å²) in [6.45, 7) is 0.770. The average Bonchev–Trinajstić information content (AvgIpc) is 3.03. The summed E-state index contributed by atoms with van der Waals surface area (Å²) in [6, 6.07) is 13.3. The summed E-state index contributed by atoms with van der Waals surface area (Å²) in [7, 11) is 3.40. The zero-order chi connectivity index (χ0) is 16.2. The SMILES string of the molecule is COc1ccccc1CC(=O)N(C)Cc1ccc2c(c1)OCO2. The van der Waals surface area contributed by atoms with Crippen LogP contribution in [0.3, 0.4) is 0 Å². The van der Waals surface area contributed by atoms with E-state index in [9.17, 15) is 4.79 Å². The highest BCUT2D eigenvalue weighted by molar-refractivity contribution is 5.79. The van der Waals surface area contributed by atoms with Crippen molar-refractivity contribution in [3.63, 3.8) is 0 Å². The van der Waals surface area contributed by atoms with Crippen molar-refractivity contribution in [1.82, 2.24) is 4.90 Å². The van der Waals surface area contributed by atoms with Gasteiger partial charge in [0, 0.05) is 19.2 Å². The van der Waals surface area contributed by atoms with Gasteiger partial charge in [0.1, 0.15) is 5.75 Å². The zero-order valence-corrected chi connectivity index (χ0v) is 13.2. The molecule has 0 N–H and O–H groups in total. The Morgan fingerprint density at radius 2 is 1.96 bits per heavy atom. The van der Waals surface area contributed by atoms with Crippen molar-refractivity contribution in [2.45, 2.75) is 13.0 Å². The number of likely N-dealkylation sites (N-methyl/N-ethyl adjacent to an activating group) is 1. The zero-order valence-electron chi connectivity index (χ0n) is 13.2. The fourth-order valence-corrected chi connectivity index (χ4v) is 2.55. The lowest BCUT2D eigenvalue weighted by Gasteiger charge is -2.18. The molecule has 0 atom stereocenters. The molecule has 0 saturated carbocycles. The first-order valence-corrected chi connectivity index (χ1v) is 7.42. The number of ether oxygens (including phenoxy) is 3. The summed E-state index contributed by atoms with van der Waals surface area (Å²) >= 11 is 0. The molecule has 0 aromatic heterocycles. The second-order valence-corrected chi connectivity index (χ2v) is 5.43. The Hall–Kier alpha value is -2.69. The van der Waals surface area contributed by atoms with Gasteiger partial charge in [0.15, 0.2) is 11.5 Å². The third-order valence-corrected chi connectivity index (χ3v) is 3.82. The molecule has 5 heteroatoms. The van der Waals surface area contributed by atoms with Crippen molar-refractivity contribution in [2.24, 2.45) is 0 Å². The molecule has 3 rings (SSSR count). The van der Waals surface area contributed by atoms with Crippen LogP contribution >= 0.6 is 0 Å². The molecule has 0 aliphatic carbocycles. The van der Waals surface area contributed by atoms with E-state index >= 15 is 0 Å². The van der Waals surface area contributed by atoms with Crippen molar-refractivity contribution in [2.75, 3.05) is 21.0 Å². The fraction of sp³-hybridized carbons (Fsp3) is 0.278. The standard InChI is InChI=1S/C18H19NO4/c1-19(11-13-7-8-16-17(9-13)23-12-22-16)18(20)10-14-5-3-4-6-15(14)21-2/h3-9H,10-12H2,1-2H3. The number of hydrogen-bond acceptors (Lipinski definition) is 4. The molecule has 0 saturated heterocycles. The molecule has 2 aromatic rings. The number of nitrogens with zero attached hydrogens (tertiary/aromatic N) is 1. The molecule has 5 nitrogen and oxygen atoms in total. The van der Waals surface area contributed by atoms with Crippen molar-refractivity contribution in [1.29, 1.82) is 0 Å². The molecule has 23 heavy (non-hydrogen) atoms. The van der Waals surface area contributed by atoms with E-state index in [1.54, 1.807) is 19.1 Å². The molecular formula is C18H19NO4. The van der Waals surface area contributed by atoms with E-state index in [0.717, 1.165) is 28.4 Å². The Balaban J connectivity index is 1.66. The lowest BCUT2D eigenvalue weighted by molar-refractivity contribution is -0.129. The van der Waals surface area contributed by atoms with Gasteiger partial charge in [-0.05, 0) is 23.8 Å². The number of para-hydroxylation sites is 1. The molecule has 1 amide bonds. The molecule has 120 valence electrons. The fourth-order valence-electron chi connectivity index (χ4n) is 2.55. The minimum Gasteiger partial charge on any atom is -0.496 e. The third-order valence-electron chi connectivity index (χ3n) is 3.82. The van der Waals surface area contributed by atoms with Crippen LogP contribution in [0.5, 0.6) is 17.2 Å². The van der Waals surface area contributed by atoms with Gasteiger partial charge in [-0.3, -0.25) is 4.79 Å². The highest BCUT2D eigenvalue weighted by Crippen LogP contribution is 2.32. The van der Waals surface area contributed by atoms with Crippen LogP contribution in [0.15, 0.2) is 42.5 Å². The lowest BCUT2D eigenvalue weighted by atomic mass is 10.1. The number of amides is 1. The number of hydrogen-bond donors (Lipinski definition) is 0. The first-order chi connectivity index (χ1) is 11.2. The van der Waals surface area contributed by atoms with Gasteiger partial charge in [0.2, 0.25) is 12.7 Å². The minimum atomic E-state index is 0.0344. The van der Waals surface area contributed by atoms with Crippen molar-refractivity contribution in [3.05, 3.63) is 53.6 Å². The van der Waals surface area contributed by atoms with Gasteiger partial charge < -0.3 is 19.1 Å². The second-order valence-electron chi connectivity index (χ2n) is 5.43. The quantitative estimate of drug-likeness (QED) is 0.851. The van der Waals surface area contributed by atoms with E-state index in [0.29, 0.717) is 13.0 Å². The summed E-state index contributed by atoms with van der Waals surface area (Å²) in [5.74, 6) is 2.24. The minimum absolute atomic E-state index is 0.0344. The topological polar surface area (TPSA) is 48.0 Å².